The molecule has 5 nitrogen and oxygen atoms in total. The average Bonchev–Trinajstić information content (AvgIpc) is 2.68. The number of hydrogen-bond acceptors (Lipinski definition) is 5. The van der Waals surface area contributed by atoms with Gasteiger partial charge in [-0.25, -0.2) is 0 Å². The lowest BCUT2D eigenvalue weighted by Gasteiger charge is -2.34. The van der Waals surface area contributed by atoms with Crippen LogP contribution < -0.4 is 4.74 Å². The molecule has 138 valence electrons. The highest BCUT2D eigenvalue weighted by molar-refractivity contribution is 5.75. The summed E-state index contributed by atoms with van der Waals surface area (Å²) < 4.78 is 16.9. The molecule has 0 bridgehead atoms. The number of benzene rings is 1. The molecule has 0 saturated carbocycles. The van der Waals surface area contributed by atoms with Gasteiger partial charge in [-0.1, -0.05) is 25.1 Å². The van der Waals surface area contributed by atoms with Crippen LogP contribution >= 0.6 is 0 Å². The molecule has 2 saturated heterocycles. The van der Waals surface area contributed by atoms with Gasteiger partial charge in [-0.2, -0.15) is 0 Å². The van der Waals surface area contributed by atoms with Crippen LogP contribution in [0.3, 0.4) is 0 Å². The van der Waals surface area contributed by atoms with Gasteiger partial charge in [0.1, 0.15) is 5.75 Å². The van der Waals surface area contributed by atoms with Gasteiger partial charge >= 0.3 is 5.97 Å². The van der Waals surface area contributed by atoms with E-state index < -0.39 is 0 Å². The van der Waals surface area contributed by atoms with Crippen LogP contribution in [0.1, 0.15) is 26.2 Å². The van der Waals surface area contributed by atoms with E-state index in [1.54, 1.807) is 0 Å². The lowest BCUT2D eigenvalue weighted by Crippen LogP contribution is -2.40. The zero-order chi connectivity index (χ0) is 17.5. The Bertz CT molecular complexity index is 530. The first-order valence-corrected chi connectivity index (χ1v) is 9.41. The number of rotatable bonds is 6. The summed E-state index contributed by atoms with van der Waals surface area (Å²) in [5, 5.41) is 0. The Balaban J connectivity index is 1.45. The monoisotopic (exact) mass is 347 g/mol. The zero-order valence-electron chi connectivity index (χ0n) is 15.1. The Morgan fingerprint density at radius 1 is 1.24 bits per heavy atom. The van der Waals surface area contributed by atoms with Crippen molar-refractivity contribution in [1.82, 2.24) is 4.90 Å². The van der Waals surface area contributed by atoms with Crippen molar-refractivity contribution < 1.29 is 19.0 Å². The van der Waals surface area contributed by atoms with Crippen molar-refractivity contribution in [3.8, 4) is 5.75 Å². The van der Waals surface area contributed by atoms with Gasteiger partial charge in [-0.3, -0.25) is 9.69 Å². The van der Waals surface area contributed by atoms with Gasteiger partial charge in [0.25, 0.3) is 0 Å². The van der Waals surface area contributed by atoms with Crippen molar-refractivity contribution in [2.24, 2.45) is 11.8 Å². The van der Waals surface area contributed by atoms with Gasteiger partial charge in [0, 0.05) is 19.7 Å². The van der Waals surface area contributed by atoms with Crippen LogP contribution in [0.25, 0.3) is 0 Å². The molecule has 2 fully saturated rings. The Morgan fingerprint density at radius 2 is 2.00 bits per heavy atom. The van der Waals surface area contributed by atoms with Crippen LogP contribution in [0.5, 0.6) is 5.75 Å². The second-order valence-electron chi connectivity index (χ2n) is 7.08. The number of morpholine rings is 1. The van der Waals surface area contributed by atoms with Crippen molar-refractivity contribution in [3.05, 3.63) is 30.3 Å². The molecule has 0 N–H and O–H groups in total. The maximum absolute atomic E-state index is 12.4. The summed E-state index contributed by atoms with van der Waals surface area (Å²) in [6.45, 7) is 7.65. The molecule has 0 spiro atoms. The van der Waals surface area contributed by atoms with Gasteiger partial charge in [0.15, 0.2) is 0 Å². The predicted molar refractivity (Wildman–Crippen MR) is 95.6 cm³/mol. The lowest BCUT2D eigenvalue weighted by molar-refractivity contribution is -0.145. The summed E-state index contributed by atoms with van der Waals surface area (Å²) >= 11 is 0. The summed E-state index contributed by atoms with van der Waals surface area (Å²) in [6.07, 6.45) is 2.74. The maximum atomic E-state index is 12.4. The standard InChI is InChI=1S/C20H29NO4/c1-16(7-9-21-10-13-23-14-11-21)19-15-17(8-12-24-19)20(22)25-18-5-3-2-4-6-18/h2-6,16-17,19H,7-15H2,1H3. The van der Waals surface area contributed by atoms with E-state index >= 15 is 0 Å². The molecular weight excluding hydrogens is 318 g/mol. The van der Waals surface area contributed by atoms with Crippen molar-refractivity contribution in [3.63, 3.8) is 0 Å². The summed E-state index contributed by atoms with van der Waals surface area (Å²) in [7, 11) is 0. The minimum Gasteiger partial charge on any atom is -0.426 e. The van der Waals surface area contributed by atoms with Gasteiger partial charge in [-0.15, -0.1) is 0 Å². The van der Waals surface area contributed by atoms with E-state index in [0.717, 1.165) is 52.1 Å². The Labute approximate surface area is 150 Å². The first-order valence-electron chi connectivity index (χ1n) is 9.41. The Morgan fingerprint density at radius 3 is 2.76 bits per heavy atom. The van der Waals surface area contributed by atoms with E-state index in [4.69, 9.17) is 14.2 Å². The molecule has 0 aromatic heterocycles. The third-order valence-electron chi connectivity index (χ3n) is 5.25. The fourth-order valence-corrected chi connectivity index (χ4v) is 3.52. The lowest BCUT2D eigenvalue weighted by atomic mass is 9.88. The summed E-state index contributed by atoms with van der Waals surface area (Å²) in [5.41, 5.74) is 0. The molecule has 3 rings (SSSR count). The number of para-hydroxylation sites is 1. The number of carbonyl (C=O) groups is 1. The summed E-state index contributed by atoms with van der Waals surface area (Å²) in [5.74, 6) is 0.871. The fourth-order valence-electron chi connectivity index (χ4n) is 3.52. The van der Waals surface area contributed by atoms with E-state index in [2.05, 4.69) is 11.8 Å². The number of nitrogens with zero attached hydrogens (tertiary/aromatic N) is 1. The van der Waals surface area contributed by atoms with E-state index in [9.17, 15) is 4.79 Å². The first kappa shape index (κ1) is 18.4. The van der Waals surface area contributed by atoms with Gasteiger partial charge in [0.05, 0.1) is 25.2 Å². The largest absolute Gasteiger partial charge is 0.426 e. The Hall–Kier alpha value is -1.43. The highest BCUT2D eigenvalue weighted by Crippen LogP contribution is 2.28. The van der Waals surface area contributed by atoms with E-state index in [-0.39, 0.29) is 18.0 Å². The van der Waals surface area contributed by atoms with Crippen LogP contribution in [-0.2, 0) is 14.3 Å². The van der Waals surface area contributed by atoms with Crippen molar-refractivity contribution in [1.29, 1.82) is 0 Å². The molecule has 25 heavy (non-hydrogen) atoms. The highest BCUT2D eigenvalue weighted by Gasteiger charge is 2.32. The second kappa shape index (κ2) is 9.32. The predicted octanol–water partition coefficient (Wildman–Crippen LogP) is 2.75. The van der Waals surface area contributed by atoms with Crippen LogP contribution in [-0.4, -0.2) is 56.4 Å². The normalized spacial score (nSPS) is 26.1. The quantitative estimate of drug-likeness (QED) is 0.585. The average molecular weight is 347 g/mol. The Kier molecular flexibility index (Phi) is 6.84. The minimum absolute atomic E-state index is 0.0650. The molecule has 0 radical (unpaired) electrons. The second-order valence-corrected chi connectivity index (χ2v) is 7.08. The van der Waals surface area contributed by atoms with Crippen molar-refractivity contribution in [2.75, 3.05) is 39.5 Å². The molecule has 2 aliphatic heterocycles. The summed E-state index contributed by atoms with van der Waals surface area (Å²) in [6, 6.07) is 9.31. The molecule has 2 aliphatic rings. The minimum atomic E-state index is -0.125. The first-order chi connectivity index (χ1) is 12.2. The zero-order valence-corrected chi connectivity index (χ0v) is 15.1. The van der Waals surface area contributed by atoms with Gasteiger partial charge in [0.2, 0.25) is 0 Å². The van der Waals surface area contributed by atoms with Crippen LogP contribution in [0.4, 0.5) is 0 Å². The number of carbonyl (C=O) groups excluding carboxylic acids is 1. The van der Waals surface area contributed by atoms with E-state index in [0.29, 0.717) is 18.3 Å². The van der Waals surface area contributed by atoms with Crippen molar-refractivity contribution >= 4 is 5.97 Å². The molecule has 1 aromatic carbocycles. The summed E-state index contributed by atoms with van der Waals surface area (Å²) in [4.78, 5) is 14.9. The number of esters is 1. The van der Waals surface area contributed by atoms with E-state index in [1.165, 1.54) is 0 Å². The van der Waals surface area contributed by atoms with Gasteiger partial charge in [-0.05, 0) is 43.9 Å². The topological polar surface area (TPSA) is 48.0 Å². The molecule has 0 amide bonds. The molecule has 3 atom stereocenters. The smallest absolute Gasteiger partial charge is 0.314 e. The molecule has 1 aromatic rings. The third kappa shape index (κ3) is 5.53. The molecule has 5 heteroatoms. The van der Waals surface area contributed by atoms with E-state index in [1.807, 2.05) is 30.3 Å². The van der Waals surface area contributed by atoms with Crippen LogP contribution in [0.2, 0.25) is 0 Å². The molecular formula is C20H29NO4. The highest BCUT2D eigenvalue weighted by atomic mass is 16.5. The SMILES string of the molecule is CC(CCN1CCOCC1)C1CC(C(=O)Oc2ccccc2)CCO1. The molecule has 0 aliphatic carbocycles. The number of ether oxygens (including phenoxy) is 3. The number of hydrogen-bond donors (Lipinski definition) is 0. The molecule has 3 unspecified atom stereocenters. The third-order valence-corrected chi connectivity index (χ3v) is 5.25. The van der Waals surface area contributed by atoms with Crippen LogP contribution in [0.15, 0.2) is 30.3 Å². The van der Waals surface area contributed by atoms with Gasteiger partial charge < -0.3 is 14.2 Å². The van der Waals surface area contributed by atoms with Crippen molar-refractivity contribution in [2.45, 2.75) is 32.3 Å². The maximum Gasteiger partial charge on any atom is 0.314 e. The fraction of sp³-hybridized carbons (Fsp3) is 0.650. The molecule has 2 heterocycles. The van der Waals surface area contributed by atoms with Crippen LogP contribution in [0, 0.1) is 11.8 Å².